The van der Waals surface area contributed by atoms with Gasteiger partial charge in [-0.3, -0.25) is 14.6 Å². The van der Waals surface area contributed by atoms with Crippen molar-refractivity contribution < 1.29 is 27.2 Å². The number of hydrogen-bond donors (Lipinski definition) is 3. The molecule has 4 aromatic rings. The summed E-state index contributed by atoms with van der Waals surface area (Å²) in [5.41, 5.74) is 4.60. The number of nitrogens with two attached hydrogens (primary N) is 1. The molecular weight excluding hydrogens is 530 g/mol. The number of nitrogens with one attached hydrogen (secondary N) is 2. The largest absolute Gasteiger partial charge is 0.417 e. The first-order chi connectivity index (χ1) is 19.0. The van der Waals surface area contributed by atoms with Gasteiger partial charge in [0.15, 0.2) is 11.7 Å². The fourth-order valence-corrected chi connectivity index (χ4v) is 3.63. The second kappa shape index (κ2) is 11.7. The molecule has 4 N–H and O–H groups in total. The zero-order valence-corrected chi connectivity index (χ0v) is 20.8. The van der Waals surface area contributed by atoms with Crippen LogP contribution in [0.3, 0.4) is 0 Å². The van der Waals surface area contributed by atoms with Crippen molar-refractivity contribution in [1.29, 1.82) is 0 Å². The van der Waals surface area contributed by atoms with Gasteiger partial charge >= 0.3 is 6.18 Å². The van der Waals surface area contributed by atoms with E-state index < -0.39 is 34.6 Å². The van der Waals surface area contributed by atoms with Gasteiger partial charge in [-0.25, -0.2) is 19.4 Å². The Hall–Kier alpha value is -5.20. The quantitative estimate of drug-likeness (QED) is 0.184. The molecule has 0 unspecified atom stereocenters. The minimum absolute atomic E-state index is 0.0436. The summed E-state index contributed by atoms with van der Waals surface area (Å²) in [4.78, 5) is 40.7. The number of amidine groups is 1. The number of aliphatic imine (C=N–C) groups is 1. The molecule has 0 aliphatic carbocycles. The van der Waals surface area contributed by atoms with Crippen LogP contribution in [0.4, 0.5) is 28.9 Å². The van der Waals surface area contributed by atoms with Gasteiger partial charge in [0.2, 0.25) is 5.91 Å². The number of halogens is 4. The summed E-state index contributed by atoms with van der Waals surface area (Å²) in [6.07, 6.45) is -1.10. The van der Waals surface area contributed by atoms with E-state index in [4.69, 9.17) is 5.73 Å². The third-order valence-corrected chi connectivity index (χ3v) is 5.45. The summed E-state index contributed by atoms with van der Waals surface area (Å²) in [7, 11) is 0. The van der Waals surface area contributed by atoms with E-state index >= 15 is 0 Å². The summed E-state index contributed by atoms with van der Waals surface area (Å²) in [6.45, 7) is 1.59. The average molecular weight is 552 g/mol. The minimum Gasteiger partial charge on any atom is -0.397 e. The second-order valence-electron chi connectivity index (χ2n) is 8.38. The summed E-state index contributed by atoms with van der Waals surface area (Å²) in [6, 6.07) is 12.0. The van der Waals surface area contributed by atoms with Crippen molar-refractivity contribution in [3.8, 4) is 11.4 Å². The van der Waals surface area contributed by atoms with E-state index in [9.17, 15) is 27.2 Å². The number of amides is 2. The van der Waals surface area contributed by atoms with E-state index in [2.05, 4.69) is 30.6 Å². The Bertz CT molecular complexity index is 1590. The van der Waals surface area contributed by atoms with Crippen LogP contribution < -0.4 is 16.4 Å². The lowest BCUT2D eigenvalue weighted by atomic mass is 10.0. The number of hydrogen-bond acceptors (Lipinski definition) is 7. The van der Waals surface area contributed by atoms with Crippen LogP contribution in [0.15, 0.2) is 78.2 Å². The van der Waals surface area contributed by atoms with Crippen molar-refractivity contribution in [1.82, 2.24) is 25.6 Å². The molecule has 0 saturated carbocycles. The third kappa shape index (κ3) is 6.62. The van der Waals surface area contributed by atoms with E-state index in [1.54, 1.807) is 30.3 Å². The summed E-state index contributed by atoms with van der Waals surface area (Å²) < 4.78 is 56.1. The predicted octanol–water partition coefficient (Wildman–Crippen LogP) is 4.42. The number of anilines is 1. The van der Waals surface area contributed by atoms with E-state index in [-0.39, 0.29) is 41.6 Å². The number of nitrogen functional groups attached to an aromatic ring is 1. The highest BCUT2D eigenvalue weighted by Gasteiger charge is 2.36. The molecule has 13 heteroatoms. The maximum Gasteiger partial charge on any atom is 0.417 e. The van der Waals surface area contributed by atoms with Gasteiger partial charge in [-0.05, 0) is 48.0 Å². The van der Waals surface area contributed by atoms with E-state index in [0.717, 1.165) is 6.07 Å². The first kappa shape index (κ1) is 27.8. The number of benzene rings is 2. The molecule has 204 valence electrons. The Kier molecular flexibility index (Phi) is 8.12. The van der Waals surface area contributed by atoms with Gasteiger partial charge in [-0.15, -0.1) is 0 Å². The third-order valence-electron chi connectivity index (χ3n) is 5.45. The normalized spacial score (nSPS) is 11.7. The molecule has 9 nitrogen and oxygen atoms in total. The Balaban J connectivity index is 1.77. The van der Waals surface area contributed by atoms with Crippen LogP contribution in [0.1, 0.15) is 34.1 Å². The summed E-state index contributed by atoms with van der Waals surface area (Å²) >= 11 is 0. The molecule has 2 heterocycles. The number of aromatic nitrogens is 3. The Morgan fingerprint density at radius 3 is 2.38 bits per heavy atom. The Morgan fingerprint density at radius 1 is 0.975 bits per heavy atom. The highest BCUT2D eigenvalue weighted by Crippen LogP contribution is 2.37. The topological polar surface area (TPSA) is 135 Å². The summed E-state index contributed by atoms with van der Waals surface area (Å²) in [5.74, 6) is -3.29. The van der Waals surface area contributed by atoms with Crippen molar-refractivity contribution >= 4 is 29.0 Å². The van der Waals surface area contributed by atoms with Crippen LogP contribution in [-0.4, -0.2) is 32.6 Å². The van der Waals surface area contributed by atoms with Gasteiger partial charge in [0.1, 0.15) is 11.5 Å². The molecule has 2 amide bonds. The van der Waals surface area contributed by atoms with Gasteiger partial charge in [0.05, 0.1) is 22.5 Å². The van der Waals surface area contributed by atoms with E-state index in [0.29, 0.717) is 11.3 Å². The molecule has 0 fully saturated rings. The number of pyridine rings is 1. The number of nitrogens with zero attached hydrogens (tertiary/aromatic N) is 4. The SMILES string of the molecule is CC(=O)NCc1cccc(N=C(NC(=O)c2cc(-c3ncccn3)c(C(F)(F)F)cc2F)c2ncccc2N)c1. The zero-order valence-electron chi connectivity index (χ0n) is 20.8. The van der Waals surface area contributed by atoms with E-state index in [1.165, 1.54) is 37.6 Å². The summed E-state index contributed by atoms with van der Waals surface area (Å²) in [5, 5.41) is 5.08. The van der Waals surface area contributed by atoms with Crippen LogP contribution >= 0.6 is 0 Å². The first-order valence-corrected chi connectivity index (χ1v) is 11.7. The van der Waals surface area contributed by atoms with Crippen molar-refractivity contribution in [2.75, 3.05) is 5.73 Å². The first-order valence-electron chi connectivity index (χ1n) is 11.7. The number of carbonyl (C=O) groups excluding carboxylic acids is 2. The molecule has 0 atom stereocenters. The van der Waals surface area contributed by atoms with Crippen molar-refractivity contribution in [2.24, 2.45) is 4.99 Å². The maximum atomic E-state index is 15.0. The molecule has 0 radical (unpaired) electrons. The molecule has 40 heavy (non-hydrogen) atoms. The van der Waals surface area contributed by atoms with Crippen molar-refractivity contribution in [3.63, 3.8) is 0 Å². The van der Waals surface area contributed by atoms with Crippen molar-refractivity contribution in [3.05, 3.63) is 101 Å². The lowest BCUT2D eigenvalue weighted by Gasteiger charge is -2.15. The van der Waals surface area contributed by atoms with Crippen LogP contribution in [0, 0.1) is 5.82 Å². The molecule has 0 spiro atoms. The van der Waals surface area contributed by atoms with Gasteiger partial charge in [-0.2, -0.15) is 13.2 Å². The van der Waals surface area contributed by atoms with Gasteiger partial charge < -0.3 is 16.4 Å². The Morgan fingerprint density at radius 2 is 1.70 bits per heavy atom. The lowest BCUT2D eigenvalue weighted by molar-refractivity contribution is -0.137. The highest BCUT2D eigenvalue weighted by molar-refractivity contribution is 6.14. The fraction of sp³-hybridized carbons (Fsp3) is 0.111. The highest BCUT2D eigenvalue weighted by atomic mass is 19.4. The minimum atomic E-state index is -4.94. The molecule has 0 bridgehead atoms. The molecule has 2 aromatic heterocycles. The lowest BCUT2D eigenvalue weighted by Crippen LogP contribution is -2.33. The second-order valence-corrected chi connectivity index (χ2v) is 8.38. The fourth-order valence-electron chi connectivity index (χ4n) is 3.63. The molecule has 2 aromatic carbocycles. The average Bonchev–Trinajstić information content (AvgIpc) is 2.92. The maximum absolute atomic E-state index is 15.0. The number of alkyl halides is 3. The van der Waals surface area contributed by atoms with E-state index in [1.807, 2.05) is 0 Å². The number of rotatable bonds is 6. The van der Waals surface area contributed by atoms with Crippen LogP contribution in [-0.2, 0) is 17.5 Å². The predicted molar refractivity (Wildman–Crippen MR) is 139 cm³/mol. The zero-order chi connectivity index (χ0) is 28.9. The Labute approximate surface area is 225 Å². The molecule has 0 saturated heterocycles. The molecular formula is C27H21F4N7O2. The molecule has 4 rings (SSSR count). The van der Waals surface area contributed by atoms with Crippen LogP contribution in [0.5, 0.6) is 0 Å². The van der Waals surface area contributed by atoms with Gasteiger partial charge in [0, 0.05) is 37.6 Å². The van der Waals surface area contributed by atoms with Crippen LogP contribution in [0.25, 0.3) is 11.4 Å². The number of carbonyl (C=O) groups is 2. The van der Waals surface area contributed by atoms with Crippen LogP contribution in [0.2, 0.25) is 0 Å². The smallest absolute Gasteiger partial charge is 0.397 e. The monoisotopic (exact) mass is 551 g/mol. The van der Waals surface area contributed by atoms with Crippen molar-refractivity contribution in [2.45, 2.75) is 19.6 Å². The van der Waals surface area contributed by atoms with Gasteiger partial charge in [0.25, 0.3) is 5.91 Å². The standard InChI is InChI=1S/C27H21F4N7O2/c1-15(39)36-14-16-5-2-6-17(11-16)37-25(23-22(32)7-3-8-33-23)38-26(40)19-12-18(24-34-9-4-10-35-24)20(13-21(19)28)27(29,30)31/h2-13H,14,32H2,1H3,(H,36,39)(H,37,38,40). The molecule has 0 aliphatic heterocycles. The van der Waals surface area contributed by atoms with Gasteiger partial charge in [-0.1, -0.05) is 12.1 Å². The molecule has 0 aliphatic rings.